The summed E-state index contributed by atoms with van der Waals surface area (Å²) >= 11 is 0. The van der Waals surface area contributed by atoms with Gasteiger partial charge in [0.1, 0.15) is 17.2 Å². The van der Waals surface area contributed by atoms with Gasteiger partial charge in [0.25, 0.3) is 0 Å². The molecule has 0 saturated carbocycles. The maximum absolute atomic E-state index is 11.3. The fourth-order valence-electron chi connectivity index (χ4n) is 2.43. The Labute approximate surface area is 130 Å². The number of phenols is 1. The Morgan fingerprint density at radius 2 is 1.73 bits per heavy atom. The van der Waals surface area contributed by atoms with Crippen molar-refractivity contribution < 1.29 is 14.6 Å². The Hall–Kier alpha value is -2.49. The first-order chi connectivity index (χ1) is 10.3. The van der Waals surface area contributed by atoms with Crippen molar-refractivity contribution in [3.05, 3.63) is 52.6 Å². The number of carbonyl (C=O) groups is 1. The number of hydrogen-bond acceptors (Lipinski definition) is 3. The van der Waals surface area contributed by atoms with Crippen molar-refractivity contribution in [3.8, 4) is 17.2 Å². The smallest absolute Gasteiger partial charge is 0.248 e. The molecule has 0 aromatic heterocycles. The number of aromatic hydroxyl groups is 1. The predicted octanol–water partition coefficient (Wildman–Crippen LogP) is 4.02. The van der Waals surface area contributed by atoms with Crippen LogP contribution in [0.2, 0.25) is 0 Å². The molecule has 0 aliphatic heterocycles. The number of nitrogens with two attached hydrogens (primary N) is 1. The van der Waals surface area contributed by atoms with Gasteiger partial charge in [-0.05, 0) is 61.2 Å². The summed E-state index contributed by atoms with van der Waals surface area (Å²) in [7, 11) is 0. The number of primary amides is 1. The maximum Gasteiger partial charge on any atom is 0.248 e. The molecule has 0 radical (unpaired) electrons. The first-order valence-corrected chi connectivity index (χ1v) is 7.21. The second-order valence-corrected chi connectivity index (χ2v) is 5.78. The highest BCUT2D eigenvalue weighted by Gasteiger charge is 2.12. The highest BCUT2D eigenvalue weighted by molar-refractivity contribution is 5.93. The summed E-state index contributed by atoms with van der Waals surface area (Å²) in [5, 5.41) is 9.87. The lowest BCUT2D eigenvalue weighted by molar-refractivity contribution is 0.1000. The van der Waals surface area contributed by atoms with Gasteiger partial charge in [0.15, 0.2) is 0 Å². The quantitative estimate of drug-likeness (QED) is 0.895. The normalized spacial score (nSPS) is 10.8. The van der Waals surface area contributed by atoms with E-state index in [1.54, 1.807) is 24.3 Å². The van der Waals surface area contributed by atoms with E-state index < -0.39 is 5.91 Å². The van der Waals surface area contributed by atoms with Gasteiger partial charge in [-0.25, -0.2) is 0 Å². The Bertz CT molecular complexity index is 697. The van der Waals surface area contributed by atoms with E-state index in [4.69, 9.17) is 10.5 Å². The molecule has 0 aliphatic rings. The molecule has 4 nitrogen and oxygen atoms in total. The summed E-state index contributed by atoms with van der Waals surface area (Å²) in [6, 6.07) is 8.62. The van der Waals surface area contributed by atoms with Crippen molar-refractivity contribution in [2.24, 2.45) is 5.73 Å². The standard InChI is InChI=1S/C18H21NO3/c1-10(2)15-9-14(5-6-16(15)20)22-17-11(3)7-13(18(19)21)8-12(17)4/h5-10,20H,1-4H3,(H2,19,21). The highest BCUT2D eigenvalue weighted by atomic mass is 16.5. The average molecular weight is 299 g/mol. The van der Waals surface area contributed by atoms with Crippen LogP contribution in [0.1, 0.15) is 46.8 Å². The molecule has 0 aliphatic carbocycles. The van der Waals surface area contributed by atoms with E-state index in [-0.39, 0.29) is 11.7 Å². The molecule has 2 rings (SSSR count). The van der Waals surface area contributed by atoms with Crippen LogP contribution in [0.4, 0.5) is 0 Å². The van der Waals surface area contributed by atoms with Crippen LogP contribution >= 0.6 is 0 Å². The van der Waals surface area contributed by atoms with Crippen molar-refractivity contribution in [2.75, 3.05) is 0 Å². The zero-order valence-electron chi connectivity index (χ0n) is 13.3. The van der Waals surface area contributed by atoms with E-state index in [9.17, 15) is 9.90 Å². The van der Waals surface area contributed by atoms with E-state index in [2.05, 4.69) is 0 Å². The molecule has 0 unspecified atom stereocenters. The largest absolute Gasteiger partial charge is 0.508 e. The van der Waals surface area contributed by atoms with E-state index in [1.807, 2.05) is 33.8 Å². The van der Waals surface area contributed by atoms with Gasteiger partial charge >= 0.3 is 0 Å². The summed E-state index contributed by atoms with van der Waals surface area (Å²) in [5.74, 6) is 1.36. The van der Waals surface area contributed by atoms with Crippen LogP contribution in [0.25, 0.3) is 0 Å². The minimum absolute atomic E-state index is 0.197. The summed E-state index contributed by atoms with van der Waals surface area (Å²) in [6.07, 6.45) is 0. The molecule has 0 fully saturated rings. The van der Waals surface area contributed by atoms with Crippen molar-refractivity contribution in [1.82, 2.24) is 0 Å². The zero-order chi connectivity index (χ0) is 16.4. The molecule has 116 valence electrons. The van der Waals surface area contributed by atoms with E-state index in [1.165, 1.54) is 0 Å². The molecule has 0 bridgehead atoms. The second-order valence-electron chi connectivity index (χ2n) is 5.78. The predicted molar refractivity (Wildman–Crippen MR) is 86.7 cm³/mol. The molecular formula is C18H21NO3. The fraction of sp³-hybridized carbons (Fsp3) is 0.278. The number of amides is 1. The second kappa shape index (κ2) is 6.10. The van der Waals surface area contributed by atoms with E-state index in [0.717, 1.165) is 16.7 Å². The molecule has 2 aromatic rings. The van der Waals surface area contributed by atoms with Crippen molar-refractivity contribution in [3.63, 3.8) is 0 Å². The molecule has 3 N–H and O–H groups in total. The van der Waals surface area contributed by atoms with Crippen LogP contribution in [0, 0.1) is 13.8 Å². The van der Waals surface area contributed by atoms with Gasteiger partial charge < -0.3 is 15.6 Å². The van der Waals surface area contributed by atoms with Gasteiger partial charge in [-0.2, -0.15) is 0 Å². The van der Waals surface area contributed by atoms with Crippen LogP contribution in [0.15, 0.2) is 30.3 Å². The molecule has 22 heavy (non-hydrogen) atoms. The van der Waals surface area contributed by atoms with Gasteiger partial charge in [-0.1, -0.05) is 13.8 Å². The van der Waals surface area contributed by atoms with Crippen LogP contribution in [-0.2, 0) is 0 Å². The summed E-state index contributed by atoms with van der Waals surface area (Å²) in [4.78, 5) is 11.3. The first kappa shape index (κ1) is 15.9. The third-order valence-corrected chi connectivity index (χ3v) is 3.59. The van der Waals surface area contributed by atoms with Crippen molar-refractivity contribution >= 4 is 5.91 Å². The number of benzene rings is 2. The first-order valence-electron chi connectivity index (χ1n) is 7.21. The Morgan fingerprint density at radius 3 is 2.23 bits per heavy atom. The van der Waals surface area contributed by atoms with Gasteiger partial charge in [-0.15, -0.1) is 0 Å². The van der Waals surface area contributed by atoms with Gasteiger partial charge in [-0.3, -0.25) is 4.79 Å². The minimum atomic E-state index is -0.454. The number of rotatable bonds is 4. The maximum atomic E-state index is 11.3. The van der Waals surface area contributed by atoms with E-state index in [0.29, 0.717) is 17.1 Å². The van der Waals surface area contributed by atoms with Crippen LogP contribution in [-0.4, -0.2) is 11.0 Å². The van der Waals surface area contributed by atoms with Gasteiger partial charge in [0.2, 0.25) is 5.91 Å². The van der Waals surface area contributed by atoms with Gasteiger partial charge in [0, 0.05) is 11.1 Å². The third kappa shape index (κ3) is 3.22. The Balaban J connectivity index is 2.39. The Kier molecular flexibility index (Phi) is 4.40. The number of ether oxygens (including phenoxy) is 1. The minimum Gasteiger partial charge on any atom is -0.508 e. The molecule has 2 aromatic carbocycles. The molecular weight excluding hydrogens is 278 g/mol. The SMILES string of the molecule is Cc1cc(C(N)=O)cc(C)c1Oc1ccc(O)c(C(C)C)c1. The average Bonchev–Trinajstić information content (AvgIpc) is 2.43. The molecule has 0 spiro atoms. The molecule has 0 heterocycles. The fourth-order valence-corrected chi connectivity index (χ4v) is 2.43. The summed E-state index contributed by atoms with van der Waals surface area (Å²) in [5.41, 5.74) is 8.30. The van der Waals surface area contributed by atoms with Crippen molar-refractivity contribution in [2.45, 2.75) is 33.6 Å². The lowest BCUT2D eigenvalue weighted by Crippen LogP contribution is -2.11. The highest BCUT2D eigenvalue weighted by Crippen LogP contribution is 2.34. The topological polar surface area (TPSA) is 72.6 Å². The molecule has 0 atom stereocenters. The summed E-state index contributed by atoms with van der Waals surface area (Å²) in [6.45, 7) is 7.77. The van der Waals surface area contributed by atoms with Crippen LogP contribution in [0.5, 0.6) is 17.2 Å². The monoisotopic (exact) mass is 299 g/mol. The summed E-state index contributed by atoms with van der Waals surface area (Å²) < 4.78 is 5.96. The molecule has 4 heteroatoms. The zero-order valence-corrected chi connectivity index (χ0v) is 13.3. The Morgan fingerprint density at radius 1 is 1.14 bits per heavy atom. The lowest BCUT2D eigenvalue weighted by Gasteiger charge is -2.15. The van der Waals surface area contributed by atoms with Gasteiger partial charge in [0.05, 0.1) is 0 Å². The lowest BCUT2D eigenvalue weighted by atomic mass is 10.0. The molecule has 1 amide bonds. The number of hydrogen-bond donors (Lipinski definition) is 2. The third-order valence-electron chi connectivity index (χ3n) is 3.59. The number of aryl methyl sites for hydroxylation is 2. The number of phenolic OH excluding ortho intramolecular Hbond substituents is 1. The van der Waals surface area contributed by atoms with E-state index >= 15 is 0 Å². The van der Waals surface area contributed by atoms with Crippen molar-refractivity contribution in [1.29, 1.82) is 0 Å². The van der Waals surface area contributed by atoms with Crippen LogP contribution < -0.4 is 10.5 Å². The molecule has 0 saturated heterocycles. The van der Waals surface area contributed by atoms with Crippen LogP contribution in [0.3, 0.4) is 0 Å². The number of carbonyl (C=O) groups excluding carboxylic acids is 1.